The zero-order chi connectivity index (χ0) is 14.3. The average Bonchev–Trinajstić information content (AvgIpc) is 2.55. The molecule has 10 heteroatoms. The van der Waals surface area contributed by atoms with E-state index in [2.05, 4.69) is 15.3 Å². The van der Waals surface area contributed by atoms with E-state index < -0.39 is 27.9 Å². The summed E-state index contributed by atoms with van der Waals surface area (Å²) in [6.07, 6.45) is -3.39. The van der Waals surface area contributed by atoms with Gasteiger partial charge in [0, 0.05) is 11.5 Å². The Hall–Kier alpha value is -1.35. The van der Waals surface area contributed by atoms with Crippen LogP contribution >= 0.6 is 11.6 Å². The van der Waals surface area contributed by atoms with Crippen molar-refractivity contribution in [3.8, 4) is 0 Å². The maximum absolute atomic E-state index is 12.5. The van der Waals surface area contributed by atoms with Crippen molar-refractivity contribution < 1.29 is 21.6 Å². The van der Waals surface area contributed by atoms with Gasteiger partial charge in [-0.3, -0.25) is 0 Å². The van der Waals surface area contributed by atoms with Crippen LogP contribution < -0.4 is 5.32 Å². The van der Waals surface area contributed by atoms with Crippen LogP contribution in [0.4, 0.5) is 19.0 Å². The molecule has 104 valence electrons. The van der Waals surface area contributed by atoms with Crippen LogP contribution in [0.1, 0.15) is 5.82 Å². The molecule has 0 aromatic carbocycles. The van der Waals surface area contributed by atoms with Crippen LogP contribution in [0.5, 0.6) is 0 Å². The average molecular weight is 314 g/mol. The van der Waals surface area contributed by atoms with Crippen LogP contribution in [0.25, 0.3) is 0 Å². The van der Waals surface area contributed by atoms with Crippen LogP contribution in [0.3, 0.4) is 0 Å². The van der Waals surface area contributed by atoms with E-state index in [1.54, 1.807) is 0 Å². The molecule has 0 bridgehead atoms. The summed E-state index contributed by atoms with van der Waals surface area (Å²) < 4.78 is 59.7. The molecule has 0 fully saturated rings. The highest BCUT2D eigenvalue weighted by Crippen LogP contribution is 2.28. The van der Waals surface area contributed by atoms with Crippen LogP contribution in [-0.2, 0) is 16.0 Å². The lowest BCUT2D eigenvalue weighted by Gasteiger charge is -2.12. The van der Waals surface area contributed by atoms with E-state index in [4.69, 9.17) is 11.6 Å². The Morgan fingerprint density at radius 1 is 1.37 bits per heavy atom. The molecule has 1 unspecified atom stereocenters. The fourth-order valence-corrected chi connectivity index (χ4v) is 2.89. The van der Waals surface area contributed by atoms with E-state index in [0.717, 1.165) is 11.5 Å². The molecule has 2 rings (SSSR count). The van der Waals surface area contributed by atoms with Gasteiger partial charge >= 0.3 is 6.18 Å². The van der Waals surface area contributed by atoms with Gasteiger partial charge in [-0.1, -0.05) is 11.6 Å². The highest BCUT2D eigenvalue weighted by Gasteiger charge is 2.35. The van der Waals surface area contributed by atoms with Crippen LogP contribution in [0.15, 0.2) is 17.6 Å². The summed E-state index contributed by atoms with van der Waals surface area (Å²) in [6, 6.07) is 0.451. The number of sulfone groups is 1. The molecule has 1 atom stereocenters. The van der Waals surface area contributed by atoms with Crippen LogP contribution in [0.2, 0.25) is 5.15 Å². The Labute approximate surface area is 111 Å². The SMILES string of the molecule is O=S1(=O)C=CC(Nc2cc(Cl)nc(C(F)(F)F)n2)C1. The lowest BCUT2D eigenvalue weighted by Crippen LogP contribution is -2.22. The summed E-state index contributed by atoms with van der Waals surface area (Å²) in [5.74, 6) is -1.80. The number of aromatic nitrogens is 2. The largest absolute Gasteiger partial charge is 0.451 e. The minimum atomic E-state index is -4.72. The summed E-state index contributed by atoms with van der Waals surface area (Å²) in [7, 11) is -3.31. The molecule has 0 amide bonds. The first-order valence-corrected chi connectivity index (χ1v) is 7.04. The van der Waals surface area contributed by atoms with Crippen LogP contribution in [-0.4, -0.2) is 30.2 Å². The summed E-state index contributed by atoms with van der Waals surface area (Å²) >= 11 is 5.47. The third kappa shape index (κ3) is 3.57. The molecule has 1 aliphatic rings. The summed E-state index contributed by atoms with van der Waals surface area (Å²) in [4.78, 5) is 6.32. The summed E-state index contributed by atoms with van der Waals surface area (Å²) in [5.41, 5.74) is 0. The Kier molecular flexibility index (Phi) is 3.43. The van der Waals surface area contributed by atoms with Gasteiger partial charge in [-0.05, 0) is 6.08 Å². The zero-order valence-corrected chi connectivity index (χ0v) is 10.7. The van der Waals surface area contributed by atoms with Crippen molar-refractivity contribution in [3.63, 3.8) is 0 Å². The van der Waals surface area contributed by atoms with Gasteiger partial charge in [-0.25, -0.2) is 18.4 Å². The molecule has 1 aliphatic heterocycles. The molecular formula is C9H7ClF3N3O2S. The smallest absolute Gasteiger partial charge is 0.363 e. The number of hydrogen-bond acceptors (Lipinski definition) is 5. The first-order chi connectivity index (χ1) is 8.66. The van der Waals surface area contributed by atoms with Gasteiger partial charge in [0.1, 0.15) is 11.0 Å². The number of hydrogen-bond donors (Lipinski definition) is 1. The molecule has 2 heterocycles. The third-order valence-corrected chi connectivity index (χ3v) is 3.80. The Balaban J connectivity index is 2.23. The number of anilines is 1. The summed E-state index contributed by atoms with van der Waals surface area (Å²) in [6.45, 7) is 0. The molecule has 0 aliphatic carbocycles. The van der Waals surface area contributed by atoms with Crippen molar-refractivity contribution in [2.75, 3.05) is 11.1 Å². The zero-order valence-electron chi connectivity index (χ0n) is 9.15. The summed E-state index contributed by atoms with van der Waals surface area (Å²) in [5, 5.41) is 3.17. The molecule has 0 radical (unpaired) electrons. The molecule has 0 spiro atoms. The predicted octanol–water partition coefficient (Wildman–Crippen LogP) is 1.87. The maximum Gasteiger partial charge on any atom is 0.451 e. The van der Waals surface area contributed by atoms with Crippen molar-refractivity contribution >= 4 is 27.3 Å². The van der Waals surface area contributed by atoms with E-state index in [9.17, 15) is 21.6 Å². The monoisotopic (exact) mass is 313 g/mol. The highest BCUT2D eigenvalue weighted by atomic mass is 35.5. The number of rotatable bonds is 2. The van der Waals surface area contributed by atoms with Crippen molar-refractivity contribution in [2.24, 2.45) is 0 Å². The van der Waals surface area contributed by atoms with Gasteiger partial charge in [0.05, 0.1) is 11.8 Å². The second kappa shape index (κ2) is 4.64. The van der Waals surface area contributed by atoms with Gasteiger partial charge in [-0.2, -0.15) is 13.2 Å². The fourth-order valence-electron chi connectivity index (χ4n) is 1.47. The van der Waals surface area contributed by atoms with Crippen molar-refractivity contribution in [1.82, 2.24) is 9.97 Å². The van der Waals surface area contributed by atoms with E-state index in [-0.39, 0.29) is 16.7 Å². The molecule has 0 saturated carbocycles. The van der Waals surface area contributed by atoms with Crippen molar-refractivity contribution in [3.05, 3.63) is 28.5 Å². The minimum absolute atomic E-state index is 0.181. The first kappa shape index (κ1) is 14.1. The highest BCUT2D eigenvalue weighted by molar-refractivity contribution is 7.94. The second-order valence-corrected chi connectivity index (χ2v) is 6.12. The number of nitrogens with zero attached hydrogens (tertiary/aromatic N) is 2. The lowest BCUT2D eigenvalue weighted by molar-refractivity contribution is -0.144. The van der Waals surface area contributed by atoms with E-state index in [0.29, 0.717) is 0 Å². The van der Waals surface area contributed by atoms with Gasteiger partial charge in [0.15, 0.2) is 9.84 Å². The van der Waals surface area contributed by atoms with E-state index >= 15 is 0 Å². The Bertz CT molecular complexity index is 630. The molecule has 1 aromatic heterocycles. The Morgan fingerprint density at radius 2 is 2.05 bits per heavy atom. The van der Waals surface area contributed by atoms with Crippen LogP contribution in [0, 0.1) is 0 Å². The predicted molar refractivity (Wildman–Crippen MR) is 62.4 cm³/mol. The quantitative estimate of drug-likeness (QED) is 0.844. The van der Waals surface area contributed by atoms with Gasteiger partial charge in [0.25, 0.3) is 0 Å². The van der Waals surface area contributed by atoms with Gasteiger partial charge in [0.2, 0.25) is 5.82 Å². The van der Waals surface area contributed by atoms with E-state index in [1.165, 1.54) is 6.08 Å². The van der Waals surface area contributed by atoms with Gasteiger partial charge in [-0.15, -0.1) is 0 Å². The molecule has 1 N–H and O–H groups in total. The molecular weight excluding hydrogens is 307 g/mol. The first-order valence-electron chi connectivity index (χ1n) is 4.95. The minimum Gasteiger partial charge on any atom is -0.363 e. The number of halogens is 4. The topological polar surface area (TPSA) is 72.0 Å². The lowest BCUT2D eigenvalue weighted by atomic mass is 10.3. The molecule has 1 aromatic rings. The third-order valence-electron chi connectivity index (χ3n) is 2.21. The van der Waals surface area contributed by atoms with Gasteiger partial charge < -0.3 is 5.32 Å². The Morgan fingerprint density at radius 3 is 2.58 bits per heavy atom. The fraction of sp³-hybridized carbons (Fsp3) is 0.333. The van der Waals surface area contributed by atoms with Crippen molar-refractivity contribution in [1.29, 1.82) is 0 Å². The molecule has 5 nitrogen and oxygen atoms in total. The standard InChI is InChI=1S/C9H7ClF3N3O2S/c10-6-3-7(16-8(15-6)9(11,12)13)14-5-1-2-19(17,18)4-5/h1-3,5H,4H2,(H,14,15,16). The molecule has 19 heavy (non-hydrogen) atoms. The molecule has 0 saturated heterocycles. The normalized spacial score (nSPS) is 21.6. The number of alkyl halides is 3. The second-order valence-electron chi connectivity index (χ2n) is 3.81. The van der Waals surface area contributed by atoms with E-state index in [1.807, 2.05) is 0 Å². The maximum atomic E-state index is 12.5. The van der Waals surface area contributed by atoms with Crippen molar-refractivity contribution in [2.45, 2.75) is 12.2 Å². The number of nitrogens with one attached hydrogen (secondary N) is 1.